The molecule has 2 heteroatoms. The van der Waals surface area contributed by atoms with Gasteiger partial charge in [0, 0.05) is 22.3 Å². The normalized spacial score (nSPS) is 53.1. The number of fused-ring (bicyclic) bond motifs is 1. The van der Waals surface area contributed by atoms with Crippen LogP contribution in [0.15, 0.2) is 23.8 Å². The van der Waals surface area contributed by atoms with Gasteiger partial charge in [0.15, 0.2) is 0 Å². The number of allylic oxidation sites excluding steroid dienone is 4. The van der Waals surface area contributed by atoms with Crippen LogP contribution < -0.4 is 0 Å². The lowest BCUT2D eigenvalue weighted by molar-refractivity contribution is 0.266. The lowest BCUT2D eigenvalue weighted by atomic mass is 9.70. The van der Waals surface area contributed by atoms with Crippen molar-refractivity contribution in [1.29, 1.82) is 10.5 Å². The largest absolute Gasteiger partial charge is 0.197 e. The predicted molar refractivity (Wildman–Crippen MR) is 55.2 cm³/mol. The molecule has 0 amide bonds. The Labute approximate surface area is 89.5 Å². The third-order valence-electron chi connectivity index (χ3n) is 5.04. The Hall–Kier alpha value is -1.54. The van der Waals surface area contributed by atoms with Gasteiger partial charge in [0.25, 0.3) is 0 Å². The Balaban J connectivity index is 2.26. The molecule has 1 saturated carbocycles. The maximum atomic E-state index is 9.35. The molecule has 0 aliphatic heterocycles. The molecule has 0 N–H and O–H groups in total. The van der Waals surface area contributed by atoms with E-state index >= 15 is 0 Å². The third-order valence-corrected chi connectivity index (χ3v) is 5.04. The first-order chi connectivity index (χ1) is 7.13. The zero-order valence-corrected chi connectivity index (χ0v) is 8.91. The number of nitrogens with zero attached hydrogens (tertiary/aromatic N) is 2. The second-order valence-electron chi connectivity index (χ2n) is 5.01. The van der Waals surface area contributed by atoms with Gasteiger partial charge in [0.2, 0.25) is 0 Å². The van der Waals surface area contributed by atoms with Crippen molar-refractivity contribution in [3.05, 3.63) is 23.8 Å². The Morgan fingerprint density at radius 2 is 2.13 bits per heavy atom. The van der Waals surface area contributed by atoms with E-state index in [1.165, 1.54) is 0 Å². The molecule has 2 nitrogen and oxygen atoms in total. The van der Waals surface area contributed by atoms with Crippen molar-refractivity contribution in [3.8, 4) is 12.1 Å². The fourth-order valence-electron chi connectivity index (χ4n) is 4.23. The smallest absolute Gasteiger partial charge is 0.0953 e. The summed E-state index contributed by atoms with van der Waals surface area (Å²) >= 11 is 0. The van der Waals surface area contributed by atoms with E-state index in [4.69, 9.17) is 5.26 Å². The fourth-order valence-corrected chi connectivity index (χ4v) is 4.23. The van der Waals surface area contributed by atoms with Crippen LogP contribution in [0, 0.1) is 44.8 Å². The summed E-state index contributed by atoms with van der Waals surface area (Å²) in [6, 6.07) is 4.76. The van der Waals surface area contributed by atoms with Gasteiger partial charge in [-0.3, -0.25) is 0 Å². The minimum Gasteiger partial charge on any atom is -0.197 e. The lowest BCUT2D eigenvalue weighted by Crippen LogP contribution is -2.27. The second-order valence-corrected chi connectivity index (χ2v) is 5.01. The summed E-state index contributed by atoms with van der Waals surface area (Å²) in [6.07, 6.45) is 7.13. The lowest BCUT2D eigenvalue weighted by Gasteiger charge is -2.30. The molecule has 0 bridgehead atoms. The third kappa shape index (κ3) is 0.515. The summed E-state index contributed by atoms with van der Waals surface area (Å²) in [7, 11) is 0. The van der Waals surface area contributed by atoms with Crippen LogP contribution in [-0.2, 0) is 0 Å². The molecule has 0 radical (unpaired) electrons. The molecule has 1 fully saturated rings. The second kappa shape index (κ2) is 2.02. The molecule has 3 aliphatic rings. The summed E-state index contributed by atoms with van der Waals surface area (Å²) < 4.78 is 0. The van der Waals surface area contributed by atoms with Gasteiger partial charge < -0.3 is 0 Å². The first-order valence-corrected chi connectivity index (χ1v) is 5.37. The molecule has 0 aromatic carbocycles. The fraction of sp³-hybridized carbons (Fsp3) is 0.538. The van der Waals surface area contributed by atoms with E-state index in [2.05, 4.69) is 32.1 Å². The van der Waals surface area contributed by atoms with Crippen LogP contribution in [0.4, 0.5) is 0 Å². The van der Waals surface area contributed by atoms with E-state index in [-0.39, 0.29) is 22.2 Å². The summed E-state index contributed by atoms with van der Waals surface area (Å²) in [4.78, 5) is 0. The number of hydrogen-bond donors (Lipinski definition) is 0. The van der Waals surface area contributed by atoms with E-state index in [9.17, 15) is 5.26 Å². The van der Waals surface area contributed by atoms with Gasteiger partial charge in [-0.1, -0.05) is 32.1 Å². The minimum absolute atomic E-state index is 0.000185. The highest BCUT2D eigenvalue weighted by molar-refractivity contribution is 5.62. The van der Waals surface area contributed by atoms with Gasteiger partial charge in [0.1, 0.15) is 0 Å². The van der Waals surface area contributed by atoms with Crippen molar-refractivity contribution in [1.82, 2.24) is 0 Å². The highest BCUT2D eigenvalue weighted by Gasteiger charge is 2.85. The molecule has 3 rings (SSSR count). The van der Waals surface area contributed by atoms with Crippen LogP contribution in [-0.4, -0.2) is 0 Å². The van der Waals surface area contributed by atoms with Crippen LogP contribution in [0.5, 0.6) is 0 Å². The Morgan fingerprint density at radius 3 is 2.60 bits per heavy atom. The van der Waals surface area contributed by atoms with Gasteiger partial charge >= 0.3 is 0 Å². The predicted octanol–water partition coefficient (Wildman–Crippen LogP) is 2.56. The molecule has 3 aliphatic carbocycles. The molecule has 0 aromatic rings. The van der Waals surface area contributed by atoms with E-state index in [1.54, 1.807) is 0 Å². The molecular weight excluding hydrogens is 184 g/mol. The molecule has 2 unspecified atom stereocenters. The number of hydrogen-bond acceptors (Lipinski definition) is 2. The zero-order valence-electron chi connectivity index (χ0n) is 8.91. The van der Waals surface area contributed by atoms with Crippen molar-refractivity contribution in [3.63, 3.8) is 0 Å². The maximum absolute atomic E-state index is 9.35. The highest BCUT2D eigenvalue weighted by Crippen LogP contribution is 2.87. The molecular formula is C13H12N2. The van der Waals surface area contributed by atoms with Crippen LogP contribution in [0.1, 0.15) is 20.3 Å². The Bertz CT molecular complexity index is 502. The Morgan fingerprint density at radius 1 is 1.40 bits per heavy atom. The van der Waals surface area contributed by atoms with Crippen molar-refractivity contribution in [2.24, 2.45) is 22.2 Å². The first kappa shape index (κ1) is 8.74. The van der Waals surface area contributed by atoms with Gasteiger partial charge in [-0.15, -0.1) is 0 Å². The molecule has 4 atom stereocenters. The molecule has 0 aromatic heterocycles. The maximum Gasteiger partial charge on any atom is 0.0953 e. The van der Waals surface area contributed by atoms with E-state index in [0.717, 1.165) is 12.0 Å². The molecule has 74 valence electrons. The summed E-state index contributed by atoms with van der Waals surface area (Å²) in [5.41, 5.74) is 0.377. The average molecular weight is 196 g/mol. The zero-order chi connectivity index (χ0) is 10.9. The van der Waals surface area contributed by atoms with Gasteiger partial charge in [-0.2, -0.15) is 10.5 Å². The van der Waals surface area contributed by atoms with Crippen LogP contribution in [0.3, 0.4) is 0 Å². The topological polar surface area (TPSA) is 47.6 Å². The quantitative estimate of drug-likeness (QED) is 0.605. The summed E-state index contributed by atoms with van der Waals surface area (Å²) in [6.45, 7) is 4.24. The summed E-state index contributed by atoms with van der Waals surface area (Å²) in [5.74, 6) is 0.282. The first-order valence-electron chi connectivity index (χ1n) is 5.37. The van der Waals surface area contributed by atoms with Crippen LogP contribution >= 0.6 is 0 Å². The van der Waals surface area contributed by atoms with Gasteiger partial charge in [0.05, 0.1) is 17.6 Å². The number of nitriles is 2. The standard InChI is InChI=1S/C13H12N2/c1-3-13-10-6-9(7-14)11(13,2)4-5-12(10,13)8-15/h4-6,10H,3H2,1-2H3/t10?,11-,12?,13+/m0/s1. The van der Waals surface area contributed by atoms with Crippen molar-refractivity contribution < 1.29 is 0 Å². The molecule has 15 heavy (non-hydrogen) atoms. The average Bonchev–Trinajstić information content (AvgIpc) is 2.66. The Kier molecular flexibility index (Phi) is 1.18. The highest BCUT2D eigenvalue weighted by atomic mass is 14.9. The molecule has 0 spiro atoms. The van der Waals surface area contributed by atoms with Crippen molar-refractivity contribution in [2.75, 3.05) is 0 Å². The molecule has 0 saturated heterocycles. The van der Waals surface area contributed by atoms with E-state index in [1.807, 2.05) is 12.2 Å². The van der Waals surface area contributed by atoms with Crippen molar-refractivity contribution in [2.45, 2.75) is 20.3 Å². The van der Waals surface area contributed by atoms with Gasteiger partial charge in [-0.25, -0.2) is 0 Å². The van der Waals surface area contributed by atoms with Crippen LogP contribution in [0.2, 0.25) is 0 Å². The van der Waals surface area contributed by atoms with Gasteiger partial charge in [-0.05, 0) is 6.42 Å². The van der Waals surface area contributed by atoms with Crippen molar-refractivity contribution >= 4 is 0 Å². The SMILES string of the molecule is CC[C@@]12C3C=C(C#N)[C@]1(C)C=CC32C#N. The minimum atomic E-state index is -0.295. The number of rotatable bonds is 1. The molecule has 0 heterocycles. The van der Waals surface area contributed by atoms with E-state index in [0.29, 0.717) is 0 Å². The summed E-state index contributed by atoms with van der Waals surface area (Å²) in [5, 5.41) is 18.5. The van der Waals surface area contributed by atoms with E-state index < -0.39 is 0 Å². The van der Waals surface area contributed by atoms with Crippen LogP contribution in [0.25, 0.3) is 0 Å². The monoisotopic (exact) mass is 196 g/mol.